The summed E-state index contributed by atoms with van der Waals surface area (Å²) in [7, 11) is 0. The molecule has 21 heavy (non-hydrogen) atoms. The monoisotopic (exact) mass is 283 g/mol. The number of hydrogen-bond donors (Lipinski definition) is 1. The fourth-order valence-corrected chi connectivity index (χ4v) is 1.80. The minimum absolute atomic E-state index is 0.0129. The summed E-state index contributed by atoms with van der Waals surface area (Å²) in [6, 6.07) is 16.5. The van der Waals surface area contributed by atoms with Crippen molar-refractivity contribution in [3.05, 3.63) is 59.7 Å². The van der Waals surface area contributed by atoms with Gasteiger partial charge in [0.15, 0.2) is 0 Å². The molecule has 108 valence electrons. The summed E-state index contributed by atoms with van der Waals surface area (Å²) in [6.45, 7) is 1.11. The van der Waals surface area contributed by atoms with Crippen LogP contribution in [0, 0.1) is 11.3 Å². The van der Waals surface area contributed by atoms with Gasteiger partial charge < -0.3 is 14.6 Å². The Morgan fingerprint density at radius 2 is 1.67 bits per heavy atom. The summed E-state index contributed by atoms with van der Waals surface area (Å²) in [5, 5.41) is 17.7. The Kier molecular flexibility index (Phi) is 5.62. The normalized spacial score (nSPS) is 9.90. The molecule has 0 saturated heterocycles. The van der Waals surface area contributed by atoms with Crippen LogP contribution in [-0.4, -0.2) is 18.3 Å². The molecule has 0 saturated carbocycles. The van der Waals surface area contributed by atoms with E-state index in [9.17, 15) is 0 Å². The van der Waals surface area contributed by atoms with E-state index in [2.05, 4.69) is 6.07 Å². The summed E-state index contributed by atoms with van der Waals surface area (Å²) in [4.78, 5) is 0. The molecule has 0 aromatic heterocycles. The minimum atomic E-state index is 0.0129. The highest BCUT2D eigenvalue weighted by Gasteiger charge is 1.98. The van der Waals surface area contributed by atoms with Gasteiger partial charge >= 0.3 is 0 Å². The average Bonchev–Trinajstić information content (AvgIpc) is 2.55. The lowest BCUT2D eigenvalue weighted by atomic mass is 10.2. The van der Waals surface area contributed by atoms with E-state index in [1.165, 1.54) is 0 Å². The summed E-state index contributed by atoms with van der Waals surface area (Å²) >= 11 is 0. The highest BCUT2D eigenvalue weighted by molar-refractivity contribution is 5.34. The summed E-state index contributed by atoms with van der Waals surface area (Å²) in [5.74, 6) is 1.50. The van der Waals surface area contributed by atoms with Crippen LogP contribution in [0.3, 0.4) is 0 Å². The first-order chi connectivity index (χ1) is 10.3. The number of nitrogens with zero attached hydrogens (tertiary/aromatic N) is 1. The van der Waals surface area contributed by atoms with Crippen LogP contribution >= 0.6 is 0 Å². The van der Waals surface area contributed by atoms with Crippen molar-refractivity contribution >= 4 is 0 Å². The van der Waals surface area contributed by atoms with Gasteiger partial charge in [-0.3, -0.25) is 0 Å². The van der Waals surface area contributed by atoms with Crippen LogP contribution in [0.15, 0.2) is 48.5 Å². The molecule has 2 aromatic carbocycles. The van der Waals surface area contributed by atoms with Crippen molar-refractivity contribution in [1.29, 1.82) is 5.26 Å². The lowest BCUT2D eigenvalue weighted by Gasteiger charge is -2.08. The van der Waals surface area contributed by atoms with Gasteiger partial charge in [-0.25, -0.2) is 0 Å². The van der Waals surface area contributed by atoms with Gasteiger partial charge in [-0.2, -0.15) is 5.26 Å². The third kappa shape index (κ3) is 4.83. The summed E-state index contributed by atoms with van der Waals surface area (Å²) in [5.41, 5.74) is 1.45. The quantitative estimate of drug-likeness (QED) is 0.794. The lowest BCUT2D eigenvalue weighted by Crippen LogP contribution is -2.05. The molecule has 0 amide bonds. The van der Waals surface area contributed by atoms with Gasteiger partial charge in [-0.1, -0.05) is 12.1 Å². The van der Waals surface area contributed by atoms with Crippen molar-refractivity contribution in [2.45, 2.75) is 13.0 Å². The molecule has 0 aliphatic rings. The molecular formula is C17H17NO3. The molecule has 0 aliphatic carbocycles. The maximum Gasteiger partial charge on any atom is 0.119 e. The molecule has 0 atom stereocenters. The van der Waals surface area contributed by atoms with Gasteiger partial charge in [-0.05, 0) is 42.0 Å². The highest BCUT2D eigenvalue weighted by Crippen LogP contribution is 2.14. The van der Waals surface area contributed by atoms with Crippen LogP contribution in [0.5, 0.6) is 11.5 Å². The Labute approximate surface area is 124 Å². The Balaban J connectivity index is 1.68. The molecule has 0 heterocycles. The maximum atomic E-state index is 9.04. The van der Waals surface area contributed by atoms with Crippen molar-refractivity contribution in [3.8, 4) is 17.6 Å². The Hall–Kier alpha value is -2.51. The zero-order valence-corrected chi connectivity index (χ0v) is 11.7. The third-order valence-electron chi connectivity index (χ3n) is 2.89. The molecule has 4 heteroatoms. The van der Waals surface area contributed by atoms with Crippen LogP contribution in [0.25, 0.3) is 0 Å². The number of hydrogen-bond acceptors (Lipinski definition) is 4. The van der Waals surface area contributed by atoms with Gasteiger partial charge in [0.1, 0.15) is 11.5 Å². The SMILES string of the molecule is N#Cc1ccc(OCCCOc2cccc(CO)c2)cc1. The molecule has 1 N–H and O–H groups in total. The number of ether oxygens (including phenoxy) is 2. The van der Waals surface area contributed by atoms with E-state index in [1.807, 2.05) is 24.3 Å². The predicted molar refractivity (Wildman–Crippen MR) is 79.1 cm³/mol. The second kappa shape index (κ2) is 7.93. The topological polar surface area (TPSA) is 62.5 Å². The number of rotatable bonds is 7. The standard InChI is InChI=1S/C17H17NO3/c18-12-14-5-7-16(8-6-14)20-9-2-10-21-17-4-1-3-15(11-17)13-19/h1,3-8,11,19H,2,9-10,13H2. The van der Waals surface area contributed by atoms with Gasteiger partial charge in [0.05, 0.1) is 31.5 Å². The van der Waals surface area contributed by atoms with Crippen molar-refractivity contribution in [1.82, 2.24) is 0 Å². The molecule has 2 rings (SSSR count). The third-order valence-corrected chi connectivity index (χ3v) is 2.89. The first-order valence-electron chi connectivity index (χ1n) is 6.77. The van der Waals surface area contributed by atoms with Crippen LogP contribution in [0.4, 0.5) is 0 Å². The zero-order chi connectivity index (χ0) is 14.9. The maximum absolute atomic E-state index is 9.04. The molecule has 0 unspecified atom stereocenters. The molecule has 0 aliphatic heterocycles. The number of aliphatic hydroxyl groups is 1. The average molecular weight is 283 g/mol. The van der Waals surface area contributed by atoms with Crippen molar-refractivity contribution in [2.24, 2.45) is 0 Å². The molecule has 2 aromatic rings. The minimum Gasteiger partial charge on any atom is -0.493 e. The predicted octanol–water partition coefficient (Wildman–Crippen LogP) is 2.90. The van der Waals surface area contributed by atoms with Crippen LogP contribution < -0.4 is 9.47 Å². The van der Waals surface area contributed by atoms with Gasteiger partial charge in [0.2, 0.25) is 0 Å². The Morgan fingerprint density at radius 3 is 2.33 bits per heavy atom. The van der Waals surface area contributed by atoms with Crippen molar-refractivity contribution in [2.75, 3.05) is 13.2 Å². The largest absolute Gasteiger partial charge is 0.493 e. The Morgan fingerprint density at radius 1 is 0.952 bits per heavy atom. The first kappa shape index (κ1) is 14.9. The van der Waals surface area contributed by atoms with Gasteiger partial charge in [0.25, 0.3) is 0 Å². The van der Waals surface area contributed by atoms with Gasteiger partial charge in [0, 0.05) is 6.42 Å². The van der Waals surface area contributed by atoms with E-state index in [4.69, 9.17) is 19.8 Å². The molecule has 0 radical (unpaired) electrons. The van der Waals surface area contributed by atoms with Gasteiger partial charge in [-0.15, -0.1) is 0 Å². The second-order valence-electron chi connectivity index (χ2n) is 4.49. The number of aliphatic hydroxyl groups excluding tert-OH is 1. The lowest BCUT2D eigenvalue weighted by molar-refractivity contribution is 0.246. The highest BCUT2D eigenvalue weighted by atomic mass is 16.5. The van der Waals surface area contributed by atoms with E-state index < -0.39 is 0 Å². The van der Waals surface area contributed by atoms with Crippen LogP contribution in [0.2, 0.25) is 0 Å². The fourth-order valence-electron chi connectivity index (χ4n) is 1.80. The first-order valence-corrected chi connectivity index (χ1v) is 6.77. The second-order valence-corrected chi connectivity index (χ2v) is 4.49. The zero-order valence-electron chi connectivity index (χ0n) is 11.7. The summed E-state index contributed by atoms with van der Waals surface area (Å²) in [6.07, 6.45) is 0.753. The van der Waals surface area contributed by atoms with E-state index in [0.717, 1.165) is 23.5 Å². The summed E-state index contributed by atoms with van der Waals surface area (Å²) < 4.78 is 11.1. The van der Waals surface area contributed by atoms with Crippen LogP contribution in [0.1, 0.15) is 17.5 Å². The van der Waals surface area contributed by atoms with Crippen LogP contribution in [-0.2, 0) is 6.61 Å². The Bertz CT molecular complexity index is 602. The fraction of sp³-hybridized carbons (Fsp3) is 0.235. The van der Waals surface area contributed by atoms with Crippen molar-refractivity contribution < 1.29 is 14.6 Å². The molecular weight excluding hydrogens is 266 g/mol. The molecule has 0 fully saturated rings. The van der Waals surface area contributed by atoms with E-state index in [0.29, 0.717) is 18.8 Å². The van der Waals surface area contributed by atoms with E-state index >= 15 is 0 Å². The smallest absolute Gasteiger partial charge is 0.119 e. The molecule has 0 spiro atoms. The van der Waals surface area contributed by atoms with E-state index in [-0.39, 0.29) is 6.61 Å². The number of benzene rings is 2. The van der Waals surface area contributed by atoms with E-state index in [1.54, 1.807) is 24.3 Å². The number of nitriles is 1. The van der Waals surface area contributed by atoms with Crippen molar-refractivity contribution in [3.63, 3.8) is 0 Å². The molecule has 4 nitrogen and oxygen atoms in total. The molecule has 0 bridgehead atoms.